The second-order valence-corrected chi connectivity index (χ2v) is 4.21. The van der Waals surface area contributed by atoms with Crippen LogP contribution in [0, 0.1) is 0 Å². The first-order valence-electron chi connectivity index (χ1n) is 5.26. The van der Waals surface area contributed by atoms with E-state index >= 15 is 0 Å². The Morgan fingerprint density at radius 3 is 3.27 bits per heavy atom. The van der Waals surface area contributed by atoms with Crippen LogP contribution in [-0.2, 0) is 6.42 Å². The highest BCUT2D eigenvalue weighted by molar-refractivity contribution is 5.47. The van der Waals surface area contributed by atoms with Crippen LogP contribution in [0.5, 0.6) is 0 Å². The number of hydrogen-bond acceptors (Lipinski definition) is 2. The fraction of sp³-hybridized carbons (Fsp3) is 0.333. The number of fused-ring (bicyclic) bond motifs is 2. The zero-order chi connectivity index (χ0) is 10.4. The first kappa shape index (κ1) is 8.65. The van der Waals surface area contributed by atoms with Crippen LogP contribution in [-0.4, -0.2) is 9.38 Å². The van der Waals surface area contributed by atoms with Gasteiger partial charge in [-0.1, -0.05) is 6.92 Å². The van der Waals surface area contributed by atoms with Crippen LogP contribution < -0.4 is 5.56 Å². The molecule has 76 valence electrons. The van der Waals surface area contributed by atoms with Crippen LogP contribution in [0.25, 0.3) is 5.65 Å². The standard InChI is InChI=1S/C12H12N2O/c1-8-2-3-9-7-14-11(6-10(8)9)13-5-4-12(14)15/h4-8H,2-3H2,1H3. The summed E-state index contributed by atoms with van der Waals surface area (Å²) in [6.07, 6.45) is 5.78. The number of nitrogens with zero attached hydrogens (tertiary/aromatic N) is 2. The Morgan fingerprint density at radius 2 is 2.40 bits per heavy atom. The quantitative estimate of drug-likeness (QED) is 0.649. The summed E-state index contributed by atoms with van der Waals surface area (Å²) in [6.45, 7) is 2.23. The van der Waals surface area contributed by atoms with Crippen LogP contribution in [0.2, 0.25) is 0 Å². The molecule has 3 nitrogen and oxygen atoms in total. The molecule has 0 saturated heterocycles. The first-order chi connectivity index (χ1) is 7.25. The highest BCUT2D eigenvalue weighted by Crippen LogP contribution is 2.32. The average molecular weight is 200 g/mol. The number of aromatic nitrogens is 2. The molecule has 1 aliphatic rings. The Bertz CT molecular complexity index is 586. The topological polar surface area (TPSA) is 34.4 Å². The second kappa shape index (κ2) is 2.92. The van der Waals surface area contributed by atoms with Gasteiger partial charge in [0.1, 0.15) is 5.65 Å². The molecule has 1 unspecified atom stereocenters. The maximum Gasteiger partial charge on any atom is 0.257 e. The lowest BCUT2D eigenvalue weighted by Crippen LogP contribution is -2.13. The SMILES string of the molecule is CC1CCc2cn3c(=O)ccnc3cc21. The fourth-order valence-corrected chi connectivity index (χ4v) is 2.33. The molecule has 3 heteroatoms. The molecule has 0 bridgehead atoms. The molecule has 1 aliphatic carbocycles. The molecule has 0 aromatic carbocycles. The van der Waals surface area contributed by atoms with Crippen molar-refractivity contribution in [2.75, 3.05) is 0 Å². The zero-order valence-corrected chi connectivity index (χ0v) is 8.60. The third kappa shape index (κ3) is 1.19. The van der Waals surface area contributed by atoms with Crippen molar-refractivity contribution in [2.24, 2.45) is 0 Å². The smallest absolute Gasteiger partial charge is 0.257 e. The summed E-state index contributed by atoms with van der Waals surface area (Å²) in [5, 5.41) is 0. The molecule has 0 spiro atoms. The molecule has 2 aromatic rings. The Labute approximate surface area is 87.4 Å². The summed E-state index contributed by atoms with van der Waals surface area (Å²) in [5.74, 6) is 0.599. The van der Waals surface area contributed by atoms with Gasteiger partial charge in [0.25, 0.3) is 5.56 Å². The minimum absolute atomic E-state index is 0.00218. The van der Waals surface area contributed by atoms with Crippen molar-refractivity contribution < 1.29 is 0 Å². The van der Waals surface area contributed by atoms with Crippen molar-refractivity contribution in [2.45, 2.75) is 25.7 Å². The van der Waals surface area contributed by atoms with E-state index < -0.39 is 0 Å². The van der Waals surface area contributed by atoms with E-state index in [1.165, 1.54) is 23.6 Å². The minimum atomic E-state index is 0.00218. The first-order valence-corrected chi connectivity index (χ1v) is 5.26. The lowest BCUT2D eigenvalue weighted by atomic mass is 10.1. The molecule has 0 aliphatic heterocycles. The summed E-state index contributed by atoms with van der Waals surface area (Å²) in [5.41, 5.74) is 3.41. The van der Waals surface area contributed by atoms with Crippen LogP contribution in [0.15, 0.2) is 29.3 Å². The molecule has 3 rings (SSSR count). The molecule has 2 aromatic heterocycles. The third-order valence-corrected chi connectivity index (χ3v) is 3.23. The van der Waals surface area contributed by atoms with Crippen LogP contribution in [0.3, 0.4) is 0 Å². The van der Waals surface area contributed by atoms with E-state index in [-0.39, 0.29) is 5.56 Å². The van der Waals surface area contributed by atoms with Gasteiger partial charge in [0, 0.05) is 18.5 Å². The normalized spacial score (nSPS) is 19.4. The van der Waals surface area contributed by atoms with E-state index in [0.717, 1.165) is 12.1 Å². The number of pyridine rings is 1. The number of aryl methyl sites for hydroxylation is 1. The van der Waals surface area contributed by atoms with Crippen molar-refractivity contribution in [3.8, 4) is 0 Å². The summed E-state index contributed by atoms with van der Waals surface area (Å²) in [6, 6.07) is 3.55. The van der Waals surface area contributed by atoms with Gasteiger partial charge in [-0.3, -0.25) is 9.20 Å². The maximum atomic E-state index is 11.6. The number of hydrogen-bond donors (Lipinski definition) is 0. The molecule has 0 amide bonds. The van der Waals surface area contributed by atoms with Crippen molar-refractivity contribution >= 4 is 5.65 Å². The minimum Gasteiger partial charge on any atom is -0.269 e. The van der Waals surface area contributed by atoms with Gasteiger partial charge in [-0.2, -0.15) is 0 Å². The predicted molar refractivity (Wildman–Crippen MR) is 58.2 cm³/mol. The van der Waals surface area contributed by atoms with Crippen LogP contribution in [0.4, 0.5) is 0 Å². The van der Waals surface area contributed by atoms with E-state index in [1.54, 1.807) is 10.6 Å². The molecular weight excluding hydrogens is 188 g/mol. The van der Waals surface area contributed by atoms with Gasteiger partial charge in [0.05, 0.1) is 0 Å². The van der Waals surface area contributed by atoms with Gasteiger partial charge in [-0.05, 0) is 36.0 Å². The van der Waals surface area contributed by atoms with Crippen LogP contribution >= 0.6 is 0 Å². The molecule has 1 atom stereocenters. The molecule has 0 fully saturated rings. The van der Waals surface area contributed by atoms with E-state index in [2.05, 4.69) is 18.0 Å². The largest absolute Gasteiger partial charge is 0.269 e. The highest BCUT2D eigenvalue weighted by atomic mass is 16.1. The Morgan fingerprint density at radius 1 is 1.53 bits per heavy atom. The molecule has 15 heavy (non-hydrogen) atoms. The lowest BCUT2D eigenvalue weighted by molar-refractivity contribution is 0.747. The zero-order valence-electron chi connectivity index (χ0n) is 8.60. The van der Waals surface area contributed by atoms with Gasteiger partial charge in [-0.25, -0.2) is 4.98 Å². The molecule has 0 saturated carbocycles. The summed E-state index contributed by atoms with van der Waals surface area (Å²) < 4.78 is 1.64. The molecule has 0 N–H and O–H groups in total. The lowest BCUT2D eigenvalue weighted by Gasteiger charge is -2.06. The monoisotopic (exact) mass is 200 g/mol. The van der Waals surface area contributed by atoms with E-state index in [4.69, 9.17) is 0 Å². The summed E-state index contributed by atoms with van der Waals surface area (Å²) >= 11 is 0. The van der Waals surface area contributed by atoms with Gasteiger partial charge in [-0.15, -0.1) is 0 Å². The van der Waals surface area contributed by atoms with Crippen molar-refractivity contribution in [3.05, 3.63) is 46.0 Å². The number of rotatable bonds is 0. The predicted octanol–water partition coefficient (Wildman–Crippen LogP) is 1.74. The second-order valence-electron chi connectivity index (χ2n) is 4.21. The van der Waals surface area contributed by atoms with Gasteiger partial charge in [0.2, 0.25) is 0 Å². The van der Waals surface area contributed by atoms with Crippen molar-refractivity contribution in [3.63, 3.8) is 0 Å². The van der Waals surface area contributed by atoms with E-state index in [1.807, 2.05) is 6.20 Å². The van der Waals surface area contributed by atoms with Gasteiger partial charge in [0.15, 0.2) is 0 Å². The van der Waals surface area contributed by atoms with Crippen LogP contribution in [0.1, 0.15) is 30.4 Å². The maximum absolute atomic E-state index is 11.6. The van der Waals surface area contributed by atoms with Crippen molar-refractivity contribution in [1.29, 1.82) is 0 Å². The molecule has 2 heterocycles. The Kier molecular flexibility index (Phi) is 1.69. The Hall–Kier alpha value is -1.64. The third-order valence-electron chi connectivity index (χ3n) is 3.23. The van der Waals surface area contributed by atoms with E-state index in [9.17, 15) is 4.79 Å². The summed E-state index contributed by atoms with van der Waals surface area (Å²) in [7, 11) is 0. The molecular formula is C12H12N2O. The average Bonchev–Trinajstić information content (AvgIpc) is 2.59. The Balaban J connectivity index is 2.40. The molecule has 0 radical (unpaired) electrons. The fourth-order valence-electron chi connectivity index (χ4n) is 2.33. The van der Waals surface area contributed by atoms with Gasteiger partial charge >= 0.3 is 0 Å². The highest BCUT2D eigenvalue weighted by Gasteiger charge is 2.19. The van der Waals surface area contributed by atoms with Gasteiger partial charge < -0.3 is 0 Å². The van der Waals surface area contributed by atoms with E-state index in [0.29, 0.717) is 5.92 Å². The van der Waals surface area contributed by atoms with Crippen molar-refractivity contribution in [1.82, 2.24) is 9.38 Å². The summed E-state index contributed by atoms with van der Waals surface area (Å²) in [4.78, 5) is 15.8.